The minimum Gasteiger partial charge on any atom is -0.478 e. The molecule has 0 aliphatic carbocycles. The fourth-order valence-corrected chi connectivity index (χ4v) is 1.58. The number of fused-ring (bicyclic) bond motifs is 1. The van der Waals surface area contributed by atoms with Gasteiger partial charge >= 0.3 is 5.97 Å². The number of Topliss-reactive ketones (excluding diaryl/α,β-unsaturated/α-hetero) is 1. The Kier molecular flexibility index (Phi) is 2.19. The summed E-state index contributed by atoms with van der Waals surface area (Å²) in [6.07, 6.45) is -1.22. The molecule has 0 spiro atoms. The number of ketones is 1. The van der Waals surface area contributed by atoms with Crippen molar-refractivity contribution in [1.29, 1.82) is 0 Å². The molecule has 1 N–H and O–H groups in total. The molecule has 4 heteroatoms. The van der Waals surface area contributed by atoms with E-state index in [-0.39, 0.29) is 6.42 Å². The summed E-state index contributed by atoms with van der Waals surface area (Å²) in [6, 6.07) is 5.41. The lowest BCUT2D eigenvalue weighted by molar-refractivity contribution is -0.150. The molecule has 1 aliphatic rings. The van der Waals surface area contributed by atoms with Crippen molar-refractivity contribution in [1.82, 2.24) is 0 Å². The standard InChI is InChI=1S/C11H10O4/c1-6-2-3-7-5-8(12)10(11(13)14)15-9(7)4-6/h2-4,10H,5H2,1H3,(H,13,14). The van der Waals surface area contributed by atoms with E-state index in [0.29, 0.717) is 5.75 Å². The molecule has 15 heavy (non-hydrogen) atoms. The van der Waals surface area contributed by atoms with Gasteiger partial charge in [-0.25, -0.2) is 4.79 Å². The number of ether oxygens (including phenoxy) is 1. The van der Waals surface area contributed by atoms with Gasteiger partial charge in [0.05, 0.1) is 0 Å². The molecular formula is C11H10O4. The third-order valence-corrected chi connectivity index (χ3v) is 2.35. The molecule has 0 saturated heterocycles. The molecule has 1 aromatic rings. The third-order valence-electron chi connectivity index (χ3n) is 2.35. The molecule has 78 valence electrons. The number of carbonyl (C=O) groups is 2. The fraction of sp³-hybridized carbons (Fsp3) is 0.273. The van der Waals surface area contributed by atoms with E-state index in [1.54, 1.807) is 12.1 Å². The second-order valence-electron chi connectivity index (χ2n) is 3.59. The van der Waals surface area contributed by atoms with Gasteiger partial charge in [0.1, 0.15) is 5.75 Å². The van der Waals surface area contributed by atoms with Gasteiger partial charge in [-0.3, -0.25) is 4.79 Å². The van der Waals surface area contributed by atoms with E-state index >= 15 is 0 Å². The van der Waals surface area contributed by atoms with Crippen LogP contribution in [0.2, 0.25) is 0 Å². The average Bonchev–Trinajstić information content (AvgIpc) is 2.17. The number of rotatable bonds is 1. The van der Waals surface area contributed by atoms with Crippen molar-refractivity contribution in [2.45, 2.75) is 19.4 Å². The Labute approximate surface area is 86.5 Å². The number of hydrogen-bond acceptors (Lipinski definition) is 3. The van der Waals surface area contributed by atoms with Crippen LogP contribution in [-0.2, 0) is 16.0 Å². The molecule has 0 amide bonds. The minimum atomic E-state index is -1.35. The summed E-state index contributed by atoms with van der Waals surface area (Å²) < 4.78 is 5.14. The van der Waals surface area contributed by atoms with Crippen LogP contribution in [0.5, 0.6) is 5.75 Å². The Morgan fingerprint density at radius 1 is 1.53 bits per heavy atom. The number of benzene rings is 1. The van der Waals surface area contributed by atoms with Gasteiger partial charge in [-0.2, -0.15) is 0 Å². The van der Waals surface area contributed by atoms with Crippen molar-refractivity contribution >= 4 is 11.8 Å². The maximum atomic E-state index is 11.4. The number of carboxylic acid groups (broad SMARTS) is 1. The predicted molar refractivity (Wildman–Crippen MR) is 51.9 cm³/mol. The molecule has 0 saturated carbocycles. The Balaban J connectivity index is 2.39. The molecule has 1 aromatic carbocycles. The van der Waals surface area contributed by atoms with Crippen LogP contribution in [-0.4, -0.2) is 23.0 Å². The van der Waals surface area contributed by atoms with E-state index in [2.05, 4.69) is 0 Å². The van der Waals surface area contributed by atoms with Crippen molar-refractivity contribution in [3.63, 3.8) is 0 Å². The van der Waals surface area contributed by atoms with Gasteiger partial charge in [0.2, 0.25) is 0 Å². The van der Waals surface area contributed by atoms with Crippen LogP contribution < -0.4 is 4.74 Å². The van der Waals surface area contributed by atoms with Crippen LogP contribution in [0.25, 0.3) is 0 Å². The first-order valence-electron chi connectivity index (χ1n) is 4.59. The van der Waals surface area contributed by atoms with Gasteiger partial charge in [-0.05, 0) is 18.6 Å². The molecule has 1 atom stereocenters. The van der Waals surface area contributed by atoms with Gasteiger partial charge in [0.15, 0.2) is 5.78 Å². The highest BCUT2D eigenvalue weighted by Crippen LogP contribution is 2.26. The molecule has 0 aromatic heterocycles. The molecular weight excluding hydrogens is 196 g/mol. The van der Waals surface area contributed by atoms with E-state index < -0.39 is 17.9 Å². The Bertz CT molecular complexity index is 436. The summed E-state index contributed by atoms with van der Waals surface area (Å²) >= 11 is 0. The summed E-state index contributed by atoms with van der Waals surface area (Å²) in [5.41, 5.74) is 1.73. The maximum absolute atomic E-state index is 11.4. The SMILES string of the molecule is Cc1ccc2c(c1)OC(C(=O)O)C(=O)C2. The van der Waals surface area contributed by atoms with E-state index in [0.717, 1.165) is 11.1 Å². The Hall–Kier alpha value is -1.84. The average molecular weight is 206 g/mol. The van der Waals surface area contributed by atoms with Crippen LogP contribution in [0.15, 0.2) is 18.2 Å². The molecule has 1 heterocycles. The smallest absolute Gasteiger partial charge is 0.352 e. The lowest BCUT2D eigenvalue weighted by Crippen LogP contribution is -2.39. The van der Waals surface area contributed by atoms with Gasteiger partial charge in [-0.15, -0.1) is 0 Å². The van der Waals surface area contributed by atoms with Crippen LogP contribution in [0.1, 0.15) is 11.1 Å². The van der Waals surface area contributed by atoms with E-state index in [1.807, 2.05) is 13.0 Å². The van der Waals surface area contributed by atoms with Crippen LogP contribution in [0.3, 0.4) is 0 Å². The first kappa shape index (κ1) is 9.71. The number of hydrogen-bond donors (Lipinski definition) is 1. The zero-order valence-electron chi connectivity index (χ0n) is 8.19. The van der Waals surface area contributed by atoms with Gasteiger partial charge in [-0.1, -0.05) is 12.1 Å². The monoisotopic (exact) mass is 206 g/mol. The van der Waals surface area contributed by atoms with Gasteiger partial charge < -0.3 is 9.84 Å². The van der Waals surface area contributed by atoms with E-state index in [1.165, 1.54) is 0 Å². The van der Waals surface area contributed by atoms with Crippen molar-refractivity contribution in [3.05, 3.63) is 29.3 Å². The van der Waals surface area contributed by atoms with Crippen molar-refractivity contribution in [3.8, 4) is 5.75 Å². The number of carboxylic acids is 1. The quantitative estimate of drug-likeness (QED) is 0.695. The maximum Gasteiger partial charge on any atom is 0.352 e. The Morgan fingerprint density at radius 2 is 2.27 bits per heavy atom. The first-order chi connectivity index (χ1) is 7.08. The molecule has 4 nitrogen and oxygen atoms in total. The zero-order chi connectivity index (χ0) is 11.0. The van der Waals surface area contributed by atoms with Crippen LogP contribution in [0, 0.1) is 6.92 Å². The second-order valence-corrected chi connectivity index (χ2v) is 3.59. The minimum absolute atomic E-state index is 0.132. The molecule has 0 fully saturated rings. The van der Waals surface area contributed by atoms with Gasteiger partial charge in [0.25, 0.3) is 6.10 Å². The Morgan fingerprint density at radius 3 is 2.93 bits per heavy atom. The highest BCUT2D eigenvalue weighted by molar-refractivity contribution is 6.03. The largest absolute Gasteiger partial charge is 0.478 e. The lowest BCUT2D eigenvalue weighted by atomic mass is 10.00. The highest BCUT2D eigenvalue weighted by atomic mass is 16.5. The van der Waals surface area contributed by atoms with Crippen molar-refractivity contribution < 1.29 is 19.4 Å². The summed E-state index contributed by atoms with van der Waals surface area (Å²) in [5, 5.41) is 8.76. The normalized spacial score (nSPS) is 19.3. The number of aryl methyl sites for hydroxylation is 1. The highest BCUT2D eigenvalue weighted by Gasteiger charge is 2.33. The molecule has 0 bridgehead atoms. The summed E-state index contributed by atoms with van der Waals surface area (Å²) in [5.74, 6) is -1.13. The topological polar surface area (TPSA) is 63.6 Å². The lowest BCUT2D eigenvalue weighted by Gasteiger charge is -2.22. The summed E-state index contributed by atoms with van der Waals surface area (Å²) in [6.45, 7) is 1.88. The predicted octanol–water partition coefficient (Wildman–Crippen LogP) is 0.952. The van der Waals surface area contributed by atoms with Crippen molar-refractivity contribution in [2.24, 2.45) is 0 Å². The third kappa shape index (κ3) is 1.70. The van der Waals surface area contributed by atoms with Gasteiger partial charge in [0, 0.05) is 12.0 Å². The van der Waals surface area contributed by atoms with E-state index in [9.17, 15) is 9.59 Å². The summed E-state index contributed by atoms with van der Waals surface area (Å²) in [7, 11) is 0. The zero-order valence-corrected chi connectivity index (χ0v) is 8.19. The number of carbonyl (C=O) groups excluding carboxylic acids is 1. The van der Waals surface area contributed by atoms with Crippen LogP contribution in [0.4, 0.5) is 0 Å². The van der Waals surface area contributed by atoms with E-state index in [4.69, 9.17) is 9.84 Å². The van der Waals surface area contributed by atoms with Crippen LogP contribution >= 0.6 is 0 Å². The summed E-state index contributed by atoms with van der Waals surface area (Å²) in [4.78, 5) is 22.1. The fourth-order valence-electron chi connectivity index (χ4n) is 1.58. The number of aliphatic carboxylic acids is 1. The molecule has 1 aliphatic heterocycles. The molecule has 2 rings (SSSR count). The van der Waals surface area contributed by atoms with Crippen molar-refractivity contribution in [2.75, 3.05) is 0 Å². The molecule has 1 unspecified atom stereocenters. The molecule has 0 radical (unpaired) electrons. The first-order valence-corrected chi connectivity index (χ1v) is 4.59. The second kappa shape index (κ2) is 3.38.